The van der Waals surface area contributed by atoms with Gasteiger partial charge >= 0.3 is 0 Å². The van der Waals surface area contributed by atoms with Crippen molar-refractivity contribution in [3.63, 3.8) is 0 Å². The van der Waals surface area contributed by atoms with Crippen LogP contribution in [0.3, 0.4) is 0 Å². The van der Waals surface area contributed by atoms with Crippen molar-refractivity contribution in [1.29, 1.82) is 0 Å². The maximum Gasteiger partial charge on any atom is 0.184 e. The largest absolute Gasteiger partial charge is 0.394 e. The Bertz CT molecular complexity index is 194. The fraction of sp³-hybridized carbons (Fsp3) is 1.00. The van der Waals surface area contributed by atoms with E-state index >= 15 is 0 Å². The molecule has 4 unspecified atom stereocenters. The molecule has 2 rings (SSSR count). The van der Waals surface area contributed by atoms with E-state index in [1.54, 1.807) is 0 Å². The van der Waals surface area contributed by atoms with Crippen molar-refractivity contribution >= 4 is 0 Å². The first-order chi connectivity index (χ1) is 5.59. The number of hydrogen-bond donors (Lipinski definition) is 4. The number of rotatable bonds is 1. The molecule has 1 saturated heterocycles. The van der Waals surface area contributed by atoms with E-state index in [-0.39, 0.29) is 12.5 Å². The van der Waals surface area contributed by atoms with Crippen molar-refractivity contribution in [2.75, 3.05) is 6.61 Å². The summed E-state index contributed by atoms with van der Waals surface area (Å²) in [5.41, 5.74) is -1.27. The summed E-state index contributed by atoms with van der Waals surface area (Å²) >= 11 is 0. The van der Waals surface area contributed by atoms with Gasteiger partial charge in [0.25, 0.3) is 0 Å². The van der Waals surface area contributed by atoms with Gasteiger partial charge in [0.15, 0.2) is 6.29 Å². The van der Waals surface area contributed by atoms with E-state index in [4.69, 9.17) is 9.84 Å². The van der Waals surface area contributed by atoms with Crippen molar-refractivity contribution in [3.8, 4) is 0 Å². The first-order valence-electron chi connectivity index (χ1n) is 3.94. The van der Waals surface area contributed by atoms with Crippen LogP contribution in [-0.2, 0) is 4.74 Å². The number of hydrogen-bond acceptors (Lipinski definition) is 5. The molecule has 0 aromatic rings. The van der Waals surface area contributed by atoms with Gasteiger partial charge in [0.2, 0.25) is 0 Å². The fourth-order valence-corrected chi connectivity index (χ4v) is 1.77. The molecule has 0 aromatic carbocycles. The molecule has 12 heavy (non-hydrogen) atoms. The Morgan fingerprint density at radius 2 is 2.08 bits per heavy atom. The standard InChI is InChI=1S/C7H12O5/c8-2-4-5(9)3-1-7(3,11)6(10)12-4/h3-6,8-11H,1-2H2/t3?,4?,5-,6?,7?/m1/s1. The summed E-state index contributed by atoms with van der Waals surface area (Å²) in [7, 11) is 0. The molecule has 5 atom stereocenters. The predicted molar refractivity (Wildman–Crippen MR) is 37.0 cm³/mol. The lowest BCUT2D eigenvalue weighted by Crippen LogP contribution is -2.50. The molecule has 4 N–H and O–H groups in total. The molecule has 5 heteroatoms. The summed E-state index contributed by atoms with van der Waals surface area (Å²) in [6.07, 6.45) is -2.58. The number of aliphatic hydroxyl groups is 4. The second-order valence-corrected chi connectivity index (χ2v) is 3.50. The van der Waals surface area contributed by atoms with Gasteiger partial charge in [-0.05, 0) is 6.42 Å². The van der Waals surface area contributed by atoms with Crippen LogP contribution in [0.4, 0.5) is 0 Å². The molecular formula is C7H12O5. The lowest BCUT2D eigenvalue weighted by atomic mass is 10.0. The van der Waals surface area contributed by atoms with Crippen molar-refractivity contribution in [3.05, 3.63) is 0 Å². The molecule has 0 bridgehead atoms. The Morgan fingerprint density at radius 1 is 1.42 bits per heavy atom. The molecule has 1 aliphatic carbocycles. The van der Waals surface area contributed by atoms with Crippen LogP contribution in [0.1, 0.15) is 6.42 Å². The van der Waals surface area contributed by atoms with Crippen LogP contribution in [0.25, 0.3) is 0 Å². The Hall–Kier alpha value is -0.200. The number of ether oxygens (including phenoxy) is 1. The van der Waals surface area contributed by atoms with Crippen LogP contribution in [0, 0.1) is 5.92 Å². The van der Waals surface area contributed by atoms with Crippen LogP contribution >= 0.6 is 0 Å². The Balaban J connectivity index is 2.11. The topological polar surface area (TPSA) is 90.2 Å². The highest BCUT2D eigenvalue weighted by Crippen LogP contribution is 2.52. The van der Waals surface area contributed by atoms with Crippen molar-refractivity contribution in [2.24, 2.45) is 5.92 Å². The highest BCUT2D eigenvalue weighted by molar-refractivity contribution is 5.13. The van der Waals surface area contributed by atoms with Gasteiger partial charge in [0.05, 0.1) is 12.7 Å². The number of aliphatic hydroxyl groups excluding tert-OH is 3. The zero-order valence-electron chi connectivity index (χ0n) is 6.42. The van der Waals surface area contributed by atoms with Gasteiger partial charge in [-0.15, -0.1) is 0 Å². The van der Waals surface area contributed by atoms with Gasteiger partial charge in [-0.25, -0.2) is 0 Å². The fourth-order valence-electron chi connectivity index (χ4n) is 1.77. The minimum Gasteiger partial charge on any atom is -0.394 e. The van der Waals surface area contributed by atoms with E-state index in [9.17, 15) is 15.3 Å². The third-order valence-corrected chi connectivity index (χ3v) is 2.73. The summed E-state index contributed by atoms with van der Waals surface area (Å²) < 4.78 is 4.81. The molecule has 0 aromatic heterocycles. The van der Waals surface area contributed by atoms with Gasteiger partial charge < -0.3 is 25.2 Å². The van der Waals surface area contributed by atoms with Crippen LogP contribution in [0.2, 0.25) is 0 Å². The van der Waals surface area contributed by atoms with E-state index in [1.807, 2.05) is 0 Å². The quantitative estimate of drug-likeness (QED) is 0.364. The smallest absolute Gasteiger partial charge is 0.184 e. The zero-order chi connectivity index (χ0) is 8.93. The second kappa shape index (κ2) is 2.40. The normalized spacial score (nSPS) is 58.0. The van der Waals surface area contributed by atoms with E-state index < -0.39 is 24.1 Å². The lowest BCUT2D eigenvalue weighted by Gasteiger charge is -2.33. The SMILES string of the molecule is OCC1OC(O)C2(O)CC2[C@H]1O. The van der Waals surface area contributed by atoms with E-state index in [1.165, 1.54) is 0 Å². The summed E-state index contributed by atoms with van der Waals surface area (Å²) in [4.78, 5) is 0. The van der Waals surface area contributed by atoms with E-state index in [0.29, 0.717) is 6.42 Å². The molecular weight excluding hydrogens is 164 g/mol. The van der Waals surface area contributed by atoms with Crippen LogP contribution in [0.15, 0.2) is 0 Å². The molecule has 5 nitrogen and oxygen atoms in total. The maximum atomic E-state index is 9.48. The van der Waals surface area contributed by atoms with Crippen molar-refractivity contribution in [1.82, 2.24) is 0 Å². The van der Waals surface area contributed by atoms with Crippen LogP contribution in [0.5, 0.6) is 0 Å². The summed E-state index contributed by atoms with van der Waals surface area (Å²) in [5.74, 6) is -0.349. The molecule has 2 aliphatic rings. The minimum absolute atomic E-state index is 0.339. The third kappa shape index (κ3) is 0.915. The van der Waals surface area contributed by atoms with Crippen LogP contribution in [-0.4, -0.2) is 51.1 Å². The Kier molecular flexibility index (Phi) is 1.68. The second-order valence-electron chi connectivity index (χ2n) is 3.50. The lowest BCUT2D eigenvalue weighted by molar-refractivity contribution is -0.257. The molecule has 1 saturated carbocycles. The first kappa shape index (κ1) is 8.40. The van der Waals surface area contributed by atoms with Gasteiger partial charge in [-0.2, -0.15) is 0 Å². The molecule has 70 valence electrons. The first-order valence-corrected chi connectivity index (χ1v) is 3.94. The molecule has 1 heterocycles. The van der Waals surface area contributed by atoms with Crippen molar-refractivity contribution in [2.45, 2.75) is 30.5 Å². The van der Waals surface area contributed by atoms with Gasteiger partial charge in [-0.3, -0.25) is 0 Å². The monoisotopic (exact) mass is 176 g/mol. The van der Waals surface area contributed by atoms with E-state index in [0.717, 1.165) is 0 Å². The summed E-state index contributed by atoms with van der Waals surface area (Å²) in [6, 6.07) is 0. The van der Waals surface area contributed by atoms with Gasteiger partial charge in [0.1, 0.15) is 11.7 Å². The highest BCUT2D eigenvalue weighted by atomic mass is 16.6. The average molecular weight is 176 g/mol. The van der Waals surface area contributed by atoms with Crippen LogP contribution < -0.4 is 0 Å². The molecule has 1 aliphatic heterocycles. The molecule has 0 radical (unpaired) electrons. The maximum absolute atomic E-state index is 9.48. The summed E-state index contributed by atoms with van der Waals surface area (Å²) in [6.45, 7) is -0.342. The molecule has 0 amide bonds. The summed E-state index contributed by atoms with van der Waals surface area (Å²) in [5, 5.41) is 36.8. The molecule has 2 fully saturated rings. The zero-order valence-corrected chi connectivity index (χ0v) is 6.42. The molecule has 0 spiro atoms. The third-order valence-electron chi connectivity index (χ3n) is 2.73. The minimum atomic E-state index is -1.27. The van der Waals surface area contributed by atoms with Gasteiger partial charge in [-0.1, -0.05) is 0 Å². The Morgan fingerprint density at radius 3 is 2.67 bits per heavy atom. The number of fused-ring (bicyclic) bond motifs is 1. The predicted octanol–water partition coefficient (Wildman–Crippen LogP) is -2.19. The average Bonchev–Trinajstić information content (AvgIpc) is 2.72. The Labute approximate surface area is 69.2 Å². The van der Waals surface area contributed by atoms with Crippen molar-refractivity contribution < 1.29 is 25.2 Å². The highest BCUT2D eigenvalue weighted by Gasteiger charge is 2.66. The van der Waals surface area contributed by atoms with Gasteiger partial charge in [0, 0.05) is 5.92 Å². The van der Waals surface area contributed by atoms with E-state index in [2.05, 4.69) is 0 Å².